The lowest BCUT2D eigenvalue weighted by Crippen LogP contribution is -2.49. The first-order chi connectivity index (χ1) is 16.2. The third kappa shape index (κ3) is 3.58. The molecular formula is C28H27N3O2. The number of para-hydroxylation sites is 1. The Labute approximate surface area is 192 Å². The maximum absolute atomic E-state index is 13.3. The number of rotatable bonds is 4. The van der Waals surface area contributed by atoms with Crippen LogP contribution in [-0.4, -0.2) is 33.0 Å². The van der Waals surface area contributed by atoms with Crippen LogP contribution in [0.4, 0.5) is 0 Å². The van der Waals surface area contributed by atoms with Gasteiger partial charge < -0.3 is 14.0 Å². The van der Waals surface area contributed by atoms with Crippen LogP contribution in [0.3, 0.4) is 0 Å². The Balaban J connectivity index is 1.24. The fourth-order valence-corrected chi connectivity index (χ4v) is 5.77. The van der Waals surface area contributed by atoms with Crippen LogP contribution in [0.5, 0.6) is 0 Å². The van der Waals surface area contributed by atoms with Crippen LogP contribution in [-0.2, 0) is 17.9 Å². The van der Waals surface area contributed by atoms with Gasteiger partial charge >= 0.3 is 0 Å². The number of carbonyl (C=O) groups excluding carboxylic acids is 1. The van der Waals surface area contributed by atoms with Crippen LogP contribution in [0.25, 0.3) is 22.2 Å². The summed E-state index contributed by atoms with van der Waals surface area (Å²) in [7, 11) is 0. The number of benzene rings is 2. The van der Waals surface area contributed by atoms with Crippen molar-refractivity contribution in [2.45, 2.75) is 31.8 Å². The van der Waals surface area contributed by atoms with E-state index in [1.807, 2.05) is 27.7 Å². The number of amides is 1. The Morgan fingerprint density at radius 3 is 2.58 bits per heavy atom. The van der Waals surface area contributed by atoms with Gasteiger partial charge in [0.05, 0.1) is 0 Å². The number of carbonyl (C=O) groups is 1. The molecule has 2 atom stereocenters. The summed E-state index contributed by atoms with van der Waals surface area (Å²) in [5, 5.41) is 1.19. The normalized spacial score (nSPS) is 19.5. The van der Waals surface area contributed by atoms with E-state index in [9.17, 15) is 9.59 Å². The number of nitrogens with zero attached hydrogens (tertiary/aromatic N) is 3. The minimum atomic E-state index is 0.0786. The first kappa shape index (κ1) is 20.0. The Morgan fingerprint density at radius 2 is 1.70 bits per heavy atom. The summed E-state index contributed by atoms with van der Waals surface area (Å²) in [6.45, 7) is 2.82. The van der Waals surface area contributed by atoms with E-state index < -0.39 is 0 Å². The highest BCUT2D eigenvalue weighted by Gasteiger charge is 2.36. The Kier molecular flexibility index (Phi) is 4.90. The van der Waals surface area contributed by atoms with Crippen LogP contribution in [0.2, 0.25) is 0 Å². The molecule has 0 unspecified atom stereocenters. The molecule has 2 aliphatic heterocycles. The molecule has 4 heterocycles. The molecule has 0 spiro atoms. The van der Waals surface area contributed by atoms with Crippen LogP contribution in [0.15, 0.2) is 83.7 Å². The molecule has 0 aliphatic carbocycles. The molecule has 2 aromatic heterocycles. The van der Waals surface area contributed by atoms with E-state index >= 15 is 0 Å². The van der Waals surface area contributed by atoms with Gasteiger partial charge in [-0.3, -0.25) is 9.59 Å². The average Bonchev–Trinajstić information content (AvgIpc) is 3.22. The van der Waals surface area contributed by atoms with E-state index in [4.69, 9.17) is 0 Å². The molecule has 5 heteroatoms. The van der Waals surface area contributed by atoms with Gasteiger partial charge in [0.25, 0.3) is 5.56 Å². The van der Waals surface area contributed by atoms with Crippen LogP contribution < -0.4 is 5.56 Å². The first-order valence-electron chi connectivity index (χ1n) is 11.8. The van der Waals surface area contributed by atoms with Crippen molar-refractivity contribution in [3.63, 3.8) is 0 Å². The van der Waals surface area contributed by atoms with Crippen molar-refractivity contribution in [3.05, 3.63) is 94.9 Å². The van der Waals surface area contributed by atoms with Gasteiger partial charge in [-0.25, -0.2) is 0 Å². The zero-order valence-corrected chi connectivity index (χ0v) is 18.6. The highest BCUT2D eigenvalue weighted by Crippen LogP contribution is 2.35. The Bertz CT molecular complexity index is 1390. The highest BCUT2D eigenvalue weighted by molar-refractivity contribution is 5.87. The third-order valence-electron chi connectivity index (χ3n) is 7.26. The molecule has 6 rings (SSSR count). The lowest BCUT2D eigenvalue weighted by atomic mass is 9.83. The number of fused-ring (bicyclic) bond motifs is 5. The second kappa shape index (κ2) is 8.07. The van der Waals surface area contributed by atoms with Crippen molar-refractivity contribution in [3.8, 4) is 11.3 Å². The Hall–Kier alpha value is -3.60. The maximum atomic E-state index is 13.3. The van der Waals surface area contributed by atoms with Crippen LogP contribution >= 0.6 is 0 Å². The third-order valence-corrected chi connectivity index (χ3v) is 7.26. The SMILES string of the molecule is O=C(CCn1c(-c2ccccc2)cc2ccccc21)N1C[C@@H]2C[C@H](C1)c1cccc(=O)n1C2. The predicted octanol–water partition coefficient (Wildman–Crippen LogP) is 4.51. The van der Waals surface area contributed by atoms with Crippen LogP contribution in [0.1, 0.15) is 24.5 Å². The molecule has 0 radical (unpaired) electrons. The first-order valence-corrected chi connectivity index (χ1v) is 11.8. The summed E-state index contributed by atoms with van der Waals surface area (Å²) in [6, 6.07) is 26.5. The molecule has 1 fully saturated rings. The minimum absolute atomic E-state index is 0.0786. The number of hydrogen-bond acceptors (Lipinski definition) is 2. The summed E-state index contributed by atoms with van der Waals surface area (Å²) >= 11 is 0. The summed E-state index contributed by atoms with van der Waals surface area (Å²) in [4.78, 5) is 27.6. The molecule has 1 amide bonds. The van der Waals surface area contributed by atoms with Gasteiger partial charge in [-0.15, -0.1) is 0 Å². The number of piperidine rings is 1. The summed E-state index contributed by atoms with van der Waals surface area (Å²) in [5.74, 6) is 0.809. The fraction of sp³-hybridized carbons (Fsp3) is 0.286. The molecule has 33 heavy (non-hydrogen) atoms. The zero-order valence-electron chi connectivity index (χ0n) is 18.6. The van der Waals surface area contributed by atoms with E-state index in [1.54, 1.807) is 6.07 Å². The standard InChI is InChI=1S/C28H27N3O2/c32-27(29-17-20-15-23(19-29)25-11-6-12-28(33)31(25)18-20)13-14-30-24-10-5-4-9-22(24)16-26(30)21-7-2-1-3-8-21/h1-12,16,20,23H,13-15,17-19H2/t20-,23+/m0/s1. The Morgan fingerprint density at radius 1 is 0.879 bits per heavy atom. The number of aromatic nitrogens is 2. The van der Waals surface area contributed by atoms with Gasteiger partial charge in [-0.1, -0.05) is 54.6 Å². The number of likely N-dealkylation sites (tertiary alicyclic amines) is 1. The van der Waals surface area contributed by atoms with Crippen molar-refractivity contribution >= 4 is 16.8 Å². The van der Waals surface area contributed by atoms with Crippen LogP contribution in [0, 0.1) is 5.92 Å². The van der Waals surface area contributed by atoms with E-state index in [1.165, 1.54) is 5.39 Å². The smallest absolute Gasteiger partial charge is 0.250 e. The molecule has 2 aliphatic rings. The lowest BCUT2D eigenvalue weighted by Gasteiger charge is -2.42. The van der Waals surface area contributed by atoms with E-state index in [0.29, 0.717) is 25.4 Å². The second-order valence-corrected chi connectivity index (χ2v) is 9.35. The van der Waals surface area contributed by atoms with Gasteiger partial charge in [0.15, 0.2) is 0 Å². The number of aryl methyl sites for hydroxylation is 1. The lowest BCUT2D eigenvalue weighted by molar-refractivity contribution is -0.134. The molecule has 4 aromatic rings. The predicted molar refractivity (Wildman–Crippen MR) is 130 cm³/mol. The largest absolute Gasteiger partial charge is 0.342 e. The molecule has 1 saturated heterocycles. The van der Waals surface area contributed by atoms with E-state index in [-0.39, 0.29) is 17.4 Å². The quantitative estimate of drug-likeness (QED) is 0.472. The van der Waals surface area contributed by atoms with Gasteiger partial charge in [-0.2, -0.15) is 0 Å². The van der Waals surface area contributed by atoms with Gasteiger partial charge in [0.1, 0.15) is 0 Å². The van der Waals surface area contributed by atoms with E-state index in [2.05, 4.69) is 59.2 Å². The second-order valence-electron chi connectivity index (χ2n) is 9.35. The van der Waals surface area contributed by atoms with Crippen molar-refractivity contribution < 1.29 is 4.79 Å². The zero-order chi connectivity index (χ0) is 22.4. The molecule has 2 aromatic carbocycles. The molecule has 0 saturated carbocycles. The van der Waals surface area contributed by atoms with E-state index in [0.717, 1.165) is 42.0 Å². The summed E-state index contributed by atoms with van der Waals surface area (Å²) in [6.07, 6.45) is 1.53. The van der Waals surface area contributed by atoms with Crippen molar-refractivity contribution in [1.29, 1.82) is 0 Å². The topological polar surface area (TPSA) is 47.2 Å². The van der Waals surface area contributed by atoms with Crippen molar-refractivity contribution in [2.75, 3.05) is 13.1 Å². The molecule has 2 bridgehead atoms. The average molecular weight is 438 g/mol. The molecule has 5 nitrogen and oxygen atoms in total. The molecule has 166 valence electrons. The molecule has 0 N–H and O–H groups in total. The van der Waals surface area contributed by atoms with Crippen molar-refractivity contribution in [2.24, 2.45) is 5.92 Å². The number of pyridine rings is 1. The van der Waals surface area contributed by atoms with Crippen molar-refractivity contribution in [1.82, 2.24) is 14.0 Å². The highest BCUT2D eigenvalue weighted by atomic mass is 16.2. The maximum Gasteiger partial charge on any atom is 0.250 e. The number of hydrogen-bond donors (Lipinski definition) is 0. The van der Waals surface area contributed by atoms with Gasteiger partial charge in [0, 0.05) is 66.9 Å². The fourth-order valence-electron chi connectivity index (χ4n) is 5.77. The monoisotopic (exact) mass is 437 g/mol. The summed E-state index contributed by atoms with van der Waals surface area (Å²) < 4.78 is 4.20. The van der Waals surface area contributed by atoms with Gasteiger partial charge in [0.2, 0.25) is 5.91 Å². The van der Waals surface area contributed by atoms with Gasteiger partial charge in [-0.05, 0) is 36.1 Å². The molecular weight excluding hydrogens is 410 g/mol. The summed E-state index contributed by atoms with van der Waals surface area (Å²) in [5.41, 5.74) is 4.63. The minimum Gasteiger partial charge on any atom is -0.342 e.